The second kappa shape index (κ2) is 9.17. The van der Waals surface area contributed by atoms with Crippen molar-refractivity contribution in [2.75, 3.05) is 11.5 Å². The second-order valence-corrected chi connectivity index (χ2v) is 7.93. The van der Waals surface area contributed by atoms with E-state index in [1.807, 2.05) is 41.8 Å². The highest BCUT2D eigenvalue weighted by Crippen LogP contribution is 2.40. The van der Waals surface area contributed by atoms with Crippen LogP contribution < -0.4 is 20.5 Å². The fourth-order valence-electron chi connectivity index (χ4n) is 2.94. The number of amides is 3. The predicted molar refractivity (Wildman–Crippen MR) is 115 cm³/mol. The summed E-state index contributed by atoms with van der Waals surface area (Å²) in [5.74, 6) is 0.685. The van der Waals surface area contributed by atoms with Gasteiger partial charge in [0.05, 0.1) is 18.8 Å². The molecule has 2 N–H and O–H groups in total. The Morgan fingerprint density at radius 1 is 1.10 bits per heavy atom. The molecule has 3 amide bonds. The average molecular weight is 444 g/mol. The molecule has 0 unspecified atom stereocenters. The number of carbonyl (C=O) groups is 2. The van der Waals surface area contributed by atoms with Crippen LogP contribution in [0.2, 0.25) is 5.02 Å². The molecular weight excluding hydrogens is 426 g/mol. The standard InChI is InChI=1S/C21H18ClN3O4S/c22-15-7-8-19-17(10-15)25(11-14-4-1-2-6-18(14)29-19)21(27)24-23-20(26)13-28-12-16-5-3-9-30-16/h1-10H,11-13H2,(H,23,26)(H,24,27). The van der Waals surface area contributed by atoms with Gasteiger partial charge >= 0.3 is 6.03 Å². The number of halogens is 1. The number of rotatable bonds is 4. The Morgan fingerprint density at radius 3 is 2.80 bits per heavy atom. The van der Waals surface area contributed by atoms with Gasteiger partial charge < -0.3 is 9.47 Å². The summed E-state index contributed by atoms with van der Waals surface area (Å²) < 4.78 is 11.3. The van der Waals surface area contributed by atoms with Gasteiger partial charge in [0.2, 0.25) is 0 Å². The molecule has 0 bridgehead atoms. The van der Waals surface area contributed by atoms with Crippen molar-refractivity contribution >= 4 is 40.6 Å². The molecule has 3 aromatic rings. The minimum Gasteiger partial charge on any atom is -0.455 e. The van der Waals surface area contributed by atoms with E-state index in [1.54, 1.807) is 29.5 Å². The number of anilines is 1. The number of fused-ring (bicyclic) bond motifs is 2. The fraction of sp³-hybridized carbons (Fsp3) is 0.143. The summed E-state index contributed by atoms with van der Waals surface area (Å²) in [6.07, 6.45) is 0. The van der Waals surface area contributed by atoms with Gasteiger partial charge in [-0.05, 0) is 35.7 Å². The Labute approximate surface area is 182 Å². The van der Waals surface area contributed by atoms with Crippen LogP contribution in [0.25, 0.3) is 0 Å². The molecular formula is C21H18ClN3O4S. The van der Waals surface area contributed by atoms with E-state index in [2.05, 4.69) is 10.9 Å². The van der Waals surface area contributed by atoms with Gasteiger partial charge in [0.25, 0.3) is 5.91 Å². The fourth-order valence-corrected chi connectivity index (χ4v) is 3.75. The molecule has 0 saturated heterocycles. The molecule has 0 fully saturated rings. The summed E-state index contributed by atoms with van der Waals surface area (Å²) in [4.78, 5) is 27.4. The summed E-state index contributed by atoms with van der Waals surface area (Å²) in [7, 11) is 0. The van der Waals surface area contributed by atoms with Crippen molar-refractivity contribution in [2.24, 2.45) is 0 Å². The molecule has 0 aliphatic carbocycles. The first kappa shape index (κ1) is 20.2. The lowest BCUT2D eigenvalue weighted by molar-refractivity contribution is -0.126. The molecule has 1 aliphatic heterocycles. The van der Waals surface area contributed by atoms with Crippen molar-refractivity contribution in [2.45, 2.75) is 13.2 Å². The van der Waals surface area contributed by atoms with Crippen molar-refractivity contribution in [3.63, 3.8) is 0 Å². The molecule has 0 spiro atoms. The Balaban J connectivity index is 1.42. The van der Waals surface area contributed by atoms with Gasteiger partial charge in [-0.2, -0.15) is 0 Å². The van der Waals surface area contributed by atoms with E-state index in [0.29, 0.717) is 28.8 Å². The summed E-state index contributed by atoms with van der Waals surface area (Å²) in [5.41, 5.74) is 6.12. The van der Waals surface area contributed by atoms with E-state index >= 15 is 0 Å². The third-order valence-corrected chi connectivity index (χ3v) is 5.43. The highest BCUT2D eigenvalue weighted by molar-refractivity contribution is 7.09. The molecule has 9 heteroatoms. The van der Waals surface area contributed by atoms with Crippen LogP contribution in [0.15, 0.2) is 60.0 Å². The SMILES string of the molecule is O=C(COCc1cccs1)NNC(=O)N1Cc2ccccc2Oc2ccc(Cl)cc21. The number of hydrogen-bond acceptors (Lipinski definition) is 5. The van der Waals surface area contributed by atoms with Crippen LogP contribution in [0.1, 0.15) is 10.4 Å². The lowest BCUT2D eigenvalue weighted by atomic mass is 10.2. The smallest absolute Gasteiger partial charge is 0.341 e. The molecule has 1 aliphatic rings. The first-order chi connectivity index (χ1) is 14.6. The van der Waals surface area contributed by atoms with Crippen molar-refractivity contribution < 1.29 is 19.1 Å². The van der Waals surface area contributed by atoms with Crippen LogP contribution in [0, 0.1) is 0 Å². The zero-order chi connectivity index (χ0) is 20.9. The number of para-hydroxylation sites is 1. The van der Waals surface area contributed by atoms with Crippen LogP contribution >= 0.6 is 22.9 Å². The van der Waals surface area contributed by atoms with Gasteiger partial charge in [-0.3, -0.25) is 15.1 Å². The highest BCUT2D eigenvalue weighted by atomic mass is 35.5. The van der Waals surface area contributed by atoms with E-state index in [4.69, 9.17) is 21.1 Å². The molecule has 4 rings (SSSR count). The Hall–Kier alpha value is -3.07. The number of urea groups is 1. The molecule has 0 radical (unpaired) electrons. The third-order valence-electron chi connectivity index (χ3n) is 4.34. The van der Waals surface area contributed by atoms with Crippen LogP contribution in [0.3, 0.4) is 0 Å². The summed E-state index contributed by atoms with van der Waals surface area (Å²) in [6, 6.07) is 15.8. The highest BCUT2D eigenvalue weighted by Gasteiger charge is 2.26. The maximum Gasteiger partial charge on any atom is 0.341 e. The van der Waals surface area contributed by atoms with Crippen LogP contribution in [-0.4, -0.2) is 18.5 Å². The predicted octanol–water partition coefficient (Wildman–Crippen LogP) is 4.47. The van der Waals surface area contributed by atoms with Gasteiger partial charge in [0, 0.05) is 15.5 Å². The lowest BCUT2D eigenvalue weighted by Gasteiger charge is -2.22. The van der Waals surface area contributed by atoms with Gasteiger partial charge in [0.1, 0.15) is 12.4 Å². The number of nitrogens with zero attached hydrogens (tertiary/aromatic N) is 1. The average Bonchev–Trinajstić information content (AvgIpc) is 3.20. The van der Waals surface area contributed by atoms with E-state index in [0.717, 1.165) is 10.4 Å². The van der Waals surface area contributed by atoms with Gasteiger partial charge in [-0.15, -0.1) is 11.3 Å². The van der Waals surface area contributed by atoms with E-state index in [9.17, 15) is 9.59 Å². The molecule has 2 aromatic carbocycles. The number of thiophene rings is 1. The monoisotopic (exact) mass is 443 g/mol. The molecule has 0 atom stereocenters. The Bertz CT molecular complexity index is 1060. The summed E-state index contributed by atoms with van der Waals surface area (Å²) >= 11 is 7.69. The van der Waals surface area contributed by atoms with Crippen molar-refractivity contribution in [3.05, 3.63) is 75.4 Å². The first-order valence-corrected chi connectivity index (χ1v) is 10.4. The second-order valence-electron chi connectivity index (χ2n) is 6.46. The molecule has 154 valence electrons. The summed E-state index contributed by atoms with van der Waals surface area (Å²) in [6.45, 7) is 0.414. The number of benzene rings is 2. The molecule has 30 heavy (non-hydrogen) atoms. The minimum atomic E-state index is -0.523. The molecule has 7 nitrogen and oxygen atoms in total. The first-order valence-electron chi connectivity index (χ1n) is 9.12. The minimum absolute atomic E-state index is 0.174. The molecule has 2 heterocycles. The summed E-state index contributed by atoms with van der Waals surface area (Å²) in [5, 5.41) is 2.40. The number of nitrogens with one attached hydrogen (secondary N) is 2. The van der Waals surface area contributed by atoms with Crippen molar-refractivity contribution in [1.82, 2.24) is 10.9 Å². The number of ether oxygens (including phenoxy) is 2. The number of carbonyl (C=O) groups excluding carboxylic acids is 2. The van der Waals surface area contributed by atoms with Crippen LogP contribution in [-0.2, 0) is 22.7 Å². The Kier molecular flexibility index (Phi) is 6.18. The molecule has 0 saturated carbocycles. The third kappa shape index (κ3) is 4.73. The van der Waals surface area contributed by atoms with Crippen molar-refractivity contribution in [1.29, 1.82) is 0 Å². The van der Waals surface area contributed by atoms with Gasteiger partial charge in [0.15, 0.2) is 5.75 Å². The van der Waals surface area contributed by atoms with Gasteiger partial charge in [-0.1, -0.05) is 35.9 Å². The quantitative estimate of drug-likeness (QED) is 0.583. The Morgan fingerprint density at radius 2 is 1.97 bits per heavy atom. The van der Waals surface area contributed by atoms with Crippen molar-refractivity contribution in [3.8, 4) is 11.5 Å². The number of hydrogen-bond donors (Lipinski definition) is 2. The molecule has 1 aromatic heterocycles. The maximum absolute atomic E-state index is 12.9. The van der Waals surface area contributed by atoms with E-state index in [1.165, 1.54) is 4.90 Å². The maximum atomic E-state index is 12.9. The van der Waals surface area contributed by atoms with Crippen LogP contribution in [0.5, 0.6) is 11.5 Å². The zero-order valence-corrected chi connectivity index (χ0v) is 17.3. The van der Waals surface area contributed by atoms with E-state index in [-0.39, 0.29) is 13.2 Å². The zero-order valence-electron chi connectivity index (χ0n) is 15.8. The topological polar surface area (TPSA) is 79.9 Å². The van der Waals surface area contributed by atoms with E-state index < -0.39 is 11.9 Å². The number of hydrazine groups is 1. The normalized spacial score (nSPS) is 12.2. The largest absolute Gasteiger partial charge is 0.455 e. The lowest BCUT2D eigenvalue weighted by Crippen LogP contribution is -2.49. The van der Waals surface area contributed by atoms with Crippen LogP contribution in [0.4, 0.5) is 10.5 Å². The van der Waals surface area contributed by atoms with Gasteiger partial charge in [-0.25, -0.2) is 10.2 Å².